The summed E-state index contributed by atoms with van der Waals surface area (Å²) in [6.07, 6.45) is 6.21. The van der Waals surface area contributed by atoms with Gasteiger partial charge in [0, 0.05) is 37.8 Å². The number of aromatic nitrogens is 2. The van der Waals surface area contributed by atoms with Gasteiger partial charge in [0.2, 0.25) is 0 Å². The van der Waals surface area contributed by atoms with Crippen LogP contribution in [0.15, 0.2) is 29.1 Å². The lowest BCUT2D eigenvalue weighted by atomic mass is 9.97. The lowest BCUT2D eigenvalue weighted by molar-refractivity contribution is 0.131. The fourth-order valence-electron chi connectivity index (χ4n) is 3.29. The Morgan fingerprint density at radius 3 is 2.96 bits per heavy atom. The zero-order valence-electron chi connectivity index (χ0n) is 14.1. The van der Waals surface area contributed by atoms with E-state index in [0.29, 0.717) is 6.04 Å². The topological polar surface area (TPSA) is 32.3 Å². The van der Waals surface area contributed by atoms with Gasteiger partial charge in [0.05, 0.1) is 11.2 Å². The predicted octanol–water partition coefficient (Wildman–Crippen LogP) is 3.59. The van der Waals surface area contributed by atoms with Gasteiger partial charge >= 0.3 is 0 Å². The van der Waals surface area contributed by atoms with Gasteiger partial charge in [0.1, 0.15) is 5.82 Å². The number of piperidine rings is 1. The number of hydrogen-bond donors (Lipinski definition) is 0. The zero-order chi connectivity index (χ0) is 16.1. The van der Waals surface area contributed by atoms with Crippen LogP contribution in [0.1, 0.15) is 37.1 Å². The van der Waals surface area contributed by atoms with Crippen molar-refractivity contribution in [2.75, 3.05) is 25.5 Å². The number of rotatable bonds is 6. The molecule has 0 unspecified atom stereocenters. The van der Waals surface area contributed by atoms with Gasteiger partial charge in [0.25, 0.3) is 0 Å². The molecule has 1 saturated heterocycles. The molecule has 0 aliphatic carbocycles. The molecule has 2 aromatic heterocycles. The first-order chi connectivity index (χ1) is 11.2. The molecule has 0 radical (unpaired) electrons. The Bertz CT molecular complexity index is 597. The Kier molecular flexibility index (Phi) is 5.62. The van der Waals surface area contributed by atoms with E-state index < -0.39 is 0 Å². The molecule has 0 bridgehead atoms. The molecule has 0 amide bonds. The minimum Gasteiger partial charge on any atom is -0.363 e. The first-order valence-corrected chi connectivity index (χ1v) is 9.41. The largest absolute Gasteiger partial charge is 0.363 e. The summed E-state index contributed by atoms with van der Waals surface area (Å²) in [5, 5.41) is 2.17. The lowest BCUT2D eigenvalue weighted by Gasteiger charge is -2.35. The van der Waals surface area contributed by atoms with Gasteiger partial charge in [-0.2, -0.15) is 0 Å². The number of likely N-dealkylation sites (tertiary alicyclic amines) is 1. The fraction of sp³-hybridized carbons (Fsp3) is 0.556. The molecule has 0 spiro atoms. The molecule has 0 saturated carbocycles. The van der Waals surface area contributed by atoms with Gasteiger partial charge in [-0.1, -0.05) is 12.5 Å². The van der Waals surface area contributed by atoms with E-state index in [2.05, 4.69) is 38.4 Å². The van der Waals surface area contributed by atoms with Gasteiger partial charge in [-0.25, -0.2) is 9.97 Å². The van der Waals surface area contributed by atoms with Crippen LogP contribution in [0.25, 0.3) is 0 Å². The quantitative estimate of drug-likeness (QED) is 0.810. The Balaban J connectivity index is 1.59. The minimum absolute atomic E-state index is 0.662. The smallest absolute Gasteiger partial charge is 0.128 e. The average Bonchev–Trinajstić information content (AvgIpc) is 3.07. The van der Waals surface area contributed by atoms with E-state index in [-0.39, 0.29) is 0 Å². The highest BCUT2D eigenvalue weighted by atomic mass is 32.1. The maximum absolute atomic E-state index is 4.75. The highest BCUT2D eigenvalue weighted by molar-refractivity contribution is 7.07. The third-order valence-electron chi connectivity index (χ3n) is 4.58. The number of hydrogen-bond acceptors (Lipinski definition) is 5. The van der Waals surface area contributed by atoms with Crippen LogP contribution in [-0.2, 0) is 13.0 Å². The molecule has 2 aromatic rings. The van der Waals surface area contributed by atoms with Gasteiger partial charge in [0.15, 0.2) is 0 Å². The maximum Gasteiger partial charge on any atom is 0.128 e. The second-order valence-electron chi connectivity index (χ2n) is 6.52. The molecule has 0 N–H and O–H groups in total. The first kappa shape index (κ1) is 16.4. The molecular weight excluding hydrogens is 304 g/mol. The first-order valence-electron chi connectivity index (χ1n) is 8.47. The zero-order valence-corrected chi connectivity index (χ0v) is 14.9. The summed E-state index contributed by atoms with van der Waals surface area (Å²) < 4.78 is 0. The molecule has 1 aliphatic heterocycles. The Labute approximate surface area is 143 Å². The lowest BCUT2D eigenvalue weighted by Crippen LogP contribution is -2.39. The maximum atomic E-state index is 4.75. The number of pyridine rings is 1. The van der Waals surface area contributed by atoms with Crippen LogP contribution in [-0.4, -0.2) is 41.5 Å². The molecule has 3 rings (SSSR count). The highest BCUT2D eigenvalue weighted by Crippen LogP contribution is 2.23. The van der Waals surface area contributed by atoms with Crippen molar-refractivity contribution in [1.82, 2.24) is 14.9 Å². The summed E-state index contributed by atoms with van der Waals surface area (Å²) in [5.74, 6) is 1.05. The van der Waals surface area contributed by atoms with Gasteiger partial charge in [-0.3, -0.25) is 4.90 Å². The van der Waals surface area contributed by atoms with Crippen LogP contribution < -0.4 is 4.90 Å². The van der Waals surface area contributed by atoms with Crippen molar-refractivity contribution in [3.8, 4) is 0 Å². The molecule has 0 aromatic carbocycles. The molecule has 1 aliphatic rings. The second kappa shape index (κ2) is 7.88. The van der Waals surface area contributed by atoms with E-state index in [1.165, 1.54) is 43.6 Å². The summed E-state index contributed by atoms with van der Waals surface area (Å²) in [7, 11) is 4.09. The van der Waals surface area contributed by atoms with Gasteiger partial charge in [-0.15, -0.1) is 11.3 Å². The second-order valence-corrected chi connectivity index (χ2v) is 7.24. The van der Waals surface area contributed by atoms with Crippen molar-refractivity contribution in [2.45, 2.75) is 44.7 Å². The minimum atomic E-state index is 0.662. The molecule has 1 fully saturated rings. The van der Waals surface area contributed by atoms with E-state index in [9.17, 15) is 0 Å². The fourth-order valence-corrected chi connectivity index (χ4v) is 3.84. The molecule has 4 nitrogen and oxygen atoms in total. The van der Waals surface area contributed by atoms with Crippen molar-refractivity contribution in [3.05, 3.63) is 40.5 Å². The van der Waals surface area contributed by atoms with Crippen molar-refractivity contribution in [1.29, 1.82) is 0 Å². The molecule has 5 heteroatoms. The third kappa shape index (κ3) is 4.52. The van der Waals surface area contributed by atoms with Crippen LogP contribution in [0.5, 0.6) is 0 Å². The Morgan fingerprint density at radius 1 is 1.26 bits per heavy atom. The molecule has 1 atom stereocenters. The van der Waals surface area contributed by atoms with Crippen molar-refractivity contribution in [2.24, 2.45) is 0 Å². The van der Waals surface area contributed by atoms with E-state index in [4.69, 9.17) is 4.98 Å². The number of anilines is 1. The average molecular weight is 331 g/mol. The summed E-state index contributed by atoms with van der Waals surface area (Å²) in [6.45, 7) is 2.20. The summed E-state index contributed by atoms with van der Waals surface area (Å²) in [4.78, 5) is 13.9. The summed E-state index contributed by atoms with van der Waals surface area (Å²) in [6, 6.07) is 7.00. The monoisotopic (exact) mass is 330 g/mol. The standard InChI is InChI=1S/C18H26N4S/c1-21(2)18-8-5-6-15(20-18)9-10-17-7-3-4-11-22(17)12-16-13-23-14-19-16/h5-6,8,13-14,17H,3-4,7,9-12H2,1-2H3/t17-/m1/s1. The van der Waals surface area contributed by atoms with Crippen molar-refractivity contribution >= 4 is 17.2 Å². The third-order valence-corrected chi connectivity index (χ3v) is 5.22. The number of aryl methyl sites for hydroxylation is 1. The van der Waals surface area contributed by atoms with Gasteiger partial charge in [-0.05, 0) is 44.4 Å². The van der Waals surface area contributed by atoms with Crippen LogP contribution in [0, 0.1) is 0 Å². The van der Waals surface area contributed by atoms with E-state index in [1.54, 1.807) is 11.3 Å². The Morgan fingerprint density at radius 2 is 2.17 bits per heavy atom. The molecule has 124 valence electrons. The number of thiazole rings is 1. The normalized spacial score (nSPS) is 19.0. The van der Waals surface area contributed by atoms with Crippen molar-refractivity contribution < 1.29 is 0 Å². The van der Waals surface area contributed by atoms with Crippen LogP contribution >= 0.6 is 11.3 Å². The molecule has 3 heterocycles. The Hall–Kier alpha value is -1.46. The molecule has 23 heavy (non-hydrogen) atoms. The van der Waals surface area contributed by atoms with Gasteiger partial charge < -0.3 is 4.90 Å². The summed E-state index contributed by atoms with van der Waals surface area (Å²) in [5.41, 5.74) is 4.36. The predicted molar refractivity (Wildman–Crippen MR) is 97.0 cm³/mol. The number of nitrogens with zero attached hydrogens (tertiary/aromatic N) is 4. The molecular formula is C18H26N4S. The van der Waals surface area contributed by atoms with Crippen LogP contribution in [0.2, 0.25) is 0 Å². The highest BCUT2D eigenvalue weighted by Gasteiger charge is 2.22. The summed E-state index contributed by atoms with van der Waals surface area (Å²) >= 11 is 1.69. The van der Waals surface area contributed by atoms with E-state index in [1.807, 2.05) is 19.6 Å². The van der Waals surface area contributed by atoms with E-state index >= 15 is 0 Å². The van der Waals surface area contributed by atoms with Crippen molar-refractivity contribution in [3.63, 3.8) is 0 Å². The van der Waals surface area contributed by atoms with Crippen LogP contribution in [0.3, 0.4) is 0 Å². The SMILES string of the molecule is CN(C)c1cccc(CC[C@H]2CCCCN2Cc2cscn2)n1. The van der Waals surface area contributed by atoms with Crippen LogP contribution in [0.4, 0.5) is 5.82 Å². The van der Waals surface area contributed by atoms with E-state index in [0.717, 1.165) is 18.8 Å².